The van der Waals surface area contributed by atoms with E-state index in [0.717, 1.165) is 0 Å². The summed E-state index contributed by atoms with van der Waals surface area (Å²) in [5.74, 6) is -2.74. The molecule has 0 aliphatic heterocycles. The van der Waals surface area contributed by atoms with Crippen LogP contribution in [0.15, 0.2) is 0 Å². The van der Waals surface area contributed by atoms with Gasteiger partial charge in [0, 0.05) is 5.75 Å². The first-order chi connectivity index (χ1) is 14.6. The third-order valence-electron chi connectivity index (χ3n) is 4.40. The quantitative estimate of drug-likeness (QED) is 0.0911. The maximum atomic E-state index is 12.7. The summed E-state index contributed by atoms with van der Waals surface area (Å²) in [7, 11) is 0. The van der Waals surface area contributed by atoms with Crippen LogP contribution in [0.5, 0.6) is 0 Å². The summed E-state index contributed by atoms with van der Waals surface area (Å²) in [6.45, 7) is 1.70. The number of nitrogens with two attached hydrogens (primary N) is 2. The van der Waals surface area contributed by atoms with Crippen molar-refractivity contribution in [3.8, 4) is 0 Å². The number of hydrogen-bond donors (Lipinski definition) is 8. The Morgan fingerprint density at radius 1 is 1.00 bits per heavy atom. The highest BCUT2D eigenvalue weighted by Gasteiger charge is 2.32. The lowest BCUT2D eigenvalue weighted by Gasteiger charge is -2.26. The minimum Gasteiger partial charge on any atom is -0.480 e. The number of aliphatic hydroxyl groups is 1. The molecule has 5 atom stereocenters. The Morgan fingerprint density at radius 2 is 1.61 bits per heavy atom. The lowest BCUT2D eigenvalue weighted by atomic mass is 10.1. The first kappa shape index (κ1) is 29.5. The molecule has 0 spiro atoms. The van der Waals surface area contributed by atoms with Gasteiger partial charge in [-0.15, -0.1) is 0 Å². The molecule has 9 N–H and O–H groups in total. The fraction of sp³-hybridized carbons (Fsp3) is 0.778. The molecule has 13 heteroatoms. The van der Waals surface area contributed by atoms with Crippen molar-refractivity contribution in [2.24, 2.45) is 11.5 Å². The number of carbonyl (C=O) groups is 4. The van der Waals surface area contributed by atoms with E-state index in [1.54, 1.807) is 0 Å². The van der Waals surface area contributed by atoms with Gasteiger partial charge in [-0.2, -0.15) is 24.4 Å². The number of amides is 3. The van der Waals surface area contributed by atoms with Gasteiger partial charge in [0.2, 0.25) is 17.7 Å². The summed E-state index contributed by atoms with van der Waals surface area (Å²) in [4.78, 5) is 48.9. The number of thioether (sulfide) groups is 1. The normalized spacial score (nSPS) is 15.8. The van der Waals surface area contributed by atoms with Crippen molar-refractivity contribution < 1.29 is 29.4 Å². The first-order valence-electron chi connectivity index (χ1n) is 9.96. The molecule has 0 saturated carbocycles. The second-order valence-electron chi connectivity index (χ2n) is 7.04. The Bertz CT molecular complexity index is 596. The van der Waals surface area contributed by atoms with E-state index in [0.29, 0.717) is 25.1 Å². The van der Waals surface area contributed by atoms with Crippen LogP contribution in [0.4, 0.5) is 0 Å². The highest BCUT2D eigenvalue weighted by atomic mass is 32.2. The highest BCUT2D eigenvalue weighted by molar-refractivity contribution is 7.98. The summed E-state index contributed by atoms with van der Waals surface area (Å²) in [5, 5.41) is 26.5. The topological polar surface area (TPSA) is 197 Å². The lowest BCUT2D eigenvalue weighted by molar-refractivity contribution is -0.142. The molecule has 0 aromatic rings. The molecule has 3 amide bonds. The molecule has 11 nitrogen and oxygen atoms in total. The zero-order valence-electron chi connectivity index (χ0n) is 17.9. The van der Waals surface area contributed by atoms with E-state index in [2.05, 4.69) is 28.6 Å². The summed E-state index contributed by atoms with van der Waals surface area (Å²) in [5.41, 5.74) is 11.1. The molecule has 0 heterocycles. The number of carboxylic acids is 1. The number of aliphatic hydroxyl groups excluding tert-OH is 1. The monoisotopic (exact) mass is 481 g/mol. The van der Waals surface area contributed by atoms with Crippen LogP contribution < -0.4 is 27.4 Å². The maximum Gasteiger partial charge on any atom is 0.326 e. The molecule has 0 aromatic heterocycles. The molecule has 31 heavy (non-hydrogen) atoms. The van der Waals surface area contributed by atoms with Crippen LogP contribution in [0.25, 0.3) is 0 Å². The summed E-state index contributed by atoms with van der Waals surface area (Å²) < 4.78 is 0. The highest BCUT2D eigenvalue weighted by Crippen LogP contribution is 2.06. The zero-order chi connectivity index (χ0) is 24.0. The van der Waals surface area contributed by atoms with Crippen molar-refractivity contribution in [2.45, 2.75) is 62.9 Å². The fourth-order valence-electron chi connectivity index (χ4n) is 2.54. The average Bonchev–Trinajstić information content (AvgIpc) is 2.72. The SMILES string of the molecule is CSCCC(NC(=O)C(CCCCN)NC(=O)C(NC(=O)C(N)CS)C(C)O)C(=O)O. The van der Waals surface area contributed by atoms with Crippen molar-refractivity contribution in [3.63, 3.8) is 0 Å². The van der Waals surface area contributed by atoms with Crippen LogP contribution in [0.3, 0.4) is 0 Å². The minimum absolute atomic E-state index is 0.0384. The number of aliphatic carboxylic acids is 1. The third-order valence-corrected chi connectivity index (χ3v) is 5.44. The van der Waals surface area contributed by atoms with Gasteiger partial charge in [0.15, 0.2) is 0 Å². The van der Waals surface area contributed by atoms with E-state index in [1.807, 2.05) is 6.26 Å². The largest absolute Gasteiger partial charge is 0.480 e. The van der Waals surface area contributed by atoms with Gasteiger partial charge in [0.1, 0.15) is 18.1 Å². The molecule has 0 radical (unpaired) electrons. The smallest absolute Gasteiger partial charge is 0.326 e. The van der Waals surface area contributed by atoms with Crippen molar-refractivity contribution in [3.05, 3.63) is 0 Å². The molecule has 0 bridgehead atoms. The van der Waals surface area contributed by atoms with Crippen LogP contribution in [-0.2, 0) is 19.2 Å². The van der Waals surface area contributed by atoms with Crippen LogP contribution >= 0.6 is 24.4 Å². The van der Waals surface area contributed by atoms with Crippen molar-refractivity contribution >= 4 is 48.1 Å². The van der Waals surface area contributed by atoms with Gasteiger partial charge in [-0.1, -0.05) is 0 Å². The van der Waals surface area contributed by atoms with Crippen LogP contribution in [0.2, 0.25) is 0 Å². The van der Waals surface area contributed by atoms with Crippen LogP contribution in [0.1, 0.15) is 32.6 Å². The Kier molecular flexibility index (Phi) is 15.3. The summed E-state index contributed by atoms with van der Waals surface area (Å²) in [6.07, 6.45) is 2.09. The molecule has 0 fully saturated rings. The Morgan fingerprint density at radius 3 is 2.10 bits per heavy atom. The Labute approximate surface area is 192 Å². The molecule has 0 aliphatic rings. The van der Waals surface area contributed by atoms with Crippen molar-refractivity contribution in [1.82, 2.24) is 16.0 Å². The van der Waals surface area contributed by atoms with E-state index in [1.165, 1.54) is 18.7 Å². The Balaban J connectivity index is 5.35. The van der Waals surface area contributed by atoms with Gasteiger partial charge >= 0.3 is 5.97 Å². The lowest BCUT2D eigenvalue weighted by Crippen LogP contribution is -2.60. The predicted octanol–water partition coefficient (Wildman–Crippen LogP) is -1.95. The number of unbranched alkanes of at least 4 members (excludes halogenated alkanes) is 1. The van der Waals surface area contributed by atoms with Crippen LogP contribution in [0, 0.1) is 0 Å². The number of hydrogen-bond acceptors (Lipinski definition) is 9. The van der Waals surface area contributed by atoms with E-state index in [-0.39, 0.29) is 18.6 Å². The number of carboxylic acid groups (broad SMARTS) is 1. The molecule has 0 rings (SSSR count). The predicted molar refractivity (Wildman–Crippen MR) is 123 cm³/mol. The number of thiol groups is 1. The van der Waals surface area contributed by atoms with Crippen molar-refractivity contribution in [2.75, 3.05) is 24.3 Å². The van der Waals surface area contributed by atoms with Gasteiger partial charge in [0.25, 0.3) is 0 Å². The van der Waals surface area contributed by atoms with Crippen molar-refractivity contribution in [1.29, 1.82) is 0 Å². The molecular formula is C18H35N5O6S2. The molecule has 0 saturated heterocycles. The fourth-order valence-corrected chi connectivity index (χ4v) is 3.17. The molecular weight excluding hydrogens is 446 g/mol. The molecule has 5 unspecified atom stereocenters. The summed E-state index contributed by atoms with van der Waals surface area (Å²) in [6, 6.07) is -4.50. The average molecular weight is 482 g/mol. The Hall–Kier alpha value is -1.54. The van der Waals surface area contributed by atoms with Crippen LogP contribution in [-0.4, -0.2) is 88.5 Å². The van der Waals surface area contributed by atoms with E-state index in [4.69, 9.17) is 11.5 Å². The molecule has 0 aromatic carbocycles. The molecule has 0 aliphatic carbocycles. The molecule has 180 valence electrons. The number of nitrogens with one attached hydrogen (secondary N) is 3. The second-order valence-corrected chi connectivity index (χ2v) is 8.39. The van der Waals surface area contributed by atoms with Gasteiger partial charge in [-0.25, -0.2) is 4.79 Å². The first-order valence-corrected chi connectivity index (χ1v) is 12.0. The standard InChI is InChI=1S/C18H35N5O6S2/c1-10(24)14(23-15(25)11(20)9-30)17(27)21-12(5-3-4-7-19)16(26)22-13(18(28)29)6-8-31-2/h10-14,24,30H,3-9,19-20H2,1-2H3,(H,21,27)(H,22,26)(H,23,25)(H,28,29). The minimum atomic E-state index is -1.35. The third kappa shape index (κ3) is 11.6. The maximum absolute atomic E-state index is 12.7. The van der Waals surface area contributed by atoms with E-state index in [9.17, 15) is 29.4 Å². The number of carbonyl (C=O) groups excluding carboxylic acids is 3. The van der Waals surface area contributed by atoms with Gasteiger partial charge in [-0.3, -0.25) is 14.4 Å². The van der Waals surface area contributed by atoms with E-state index >= 15 is 0 Å². The van der Waals surface area contributed by atoms with Gasteiger partial charge in [0.05, 0.1) is 12.1 Å². The second kappa shape index (κ2) is 16.1. The summed E-state index contributed by atoms with van der Waals surface area (Å²) >= 11 is 5.37. The van der Waals surface area contributed by atoms with E-state index < -0.39 is 54.0 Å². The number of rotatable bonds is 16. The van der Waals surface area contributed by atoms with Gasteiger partial charge in [-0.05, 0) is 51.2 Å². The zero-order valence-corrected chi connectivity index (χ0v) is 19.6. The van der Waals surface area contributed by atoms with Gasteiger partial charge < -0.3 is 37.6 Å².